The number of benzene rings is 2. The summed E-state index contributed by atoms with van der Waals surface area (Å²) in [6.45, 7) is 4.20. The summed E-state index contributed by atoms with van der Waals surface area (Å²) in [6.07, 6.45) is 0.351. The maximum atomic E-state index is 12.6. The smallest absolute Gasteiger partial charge is 0.344 e. The summed E-state index contributed by atoms with van der Waals surface area (Å²) in [5, 5.41) is 0. The summed E-state index contributed by atoms with van der Waals surface area (Å²) in [5.74, 6) is -0.322. The second-order valence-corrected chi connectivity index (χ2v) is 7.00. The van der Waals surface area contributed by atoms with E-state index in [1.807, 2.05) is 18.2 Å². The first-order valence-corrected chi connectivity index (χ1v) is 9.79. The molecule has 152 valence electrons. The molecule has 1 heterocycles. The monoisotopic (exact) mass is 395 g/mol. The van der Waals surface area contributed by atoms with Crippen LogP contribution in [-0.4, -0.2) is 41.8 Å². The maximum Gasteiger partial charge on any atom is 0.344 e. The molecule has 0 aromatic heterocycles. The standard InChI is InChI=1S/C23H25NO5/c1-3-21(25)18-8-10-20(11-9-18)28-15-22(26)29-16(2)23(27)24-13-12-17-6-4-5-7-19(17)14-24/h4-11,16H,3,12-15H2,1-2H3/t16-/m0/s1. The number of fused-ring (bicyclic) bond motifs is 1. The zero-order chi connectivity index (χ0) is 20.8. The zero-order valence-corrected chi connectivity index (χ0v) is 16.7. The van der Waals surface area contributed by atoms with Crippen molar-refractivity contribution in [1.82, 2.24) is 4.90 Å². The van der Waals surface area contributed by atoms with E-state index in [0.29, 0.717) is 30.8 Å². The van der Waals surface area contributed by atoms with Gasteiger partial charge in [0.05, 0.1) is 0 Å². The van der Waals surface area contributed by atoms with E-state index in [0.717, 1.165) is 12.0 Å². The van der Waals surface area contributed by atoms with Crippen LogP contribution in [0, 0.1) is 0 Å². The molecule has 0 spiro atoms. The van der Waals surface area contributed by atoms with Crippen LogP contribution in [0.1, 0.15) is 41.8 Å². The van der Waals surface area contributed by atoms with Gasteiger partial charge in [-0.25, -0.2) is 4.79 Å². The summed E-state index contributed by atoms with van der Waals surface area (Å²) < 4.78 is 10.6. The summed E-state index contributed by atoms with van der Waals surface area (Å²) in [5.41, 5.74) is 2.98. The molecule has 1 aliphatic rings. The average Bonchev–Trinajstić information content (AvgIpc) is 2.76. The van der Waals surface area contributed by atoms with Crippen molar-refractivity contribution < 1.29 is 23.9 Å². The largest absolute Gasteiger partial charge is 0.482 e. The minimum Gasteiger partial charge on any atom is -0.482 e. The van der Waals surface area contributed by atoms with Gasteiger partial charge in [-0.15, -0.1) is 0 Å². The highest BCUT2D eigenvalue weighted by molar-refractivity contribution is 5.95. The summed E-state index contributed by atoms with van der Waals surface area (Å²) in [4.78, 5) is 38.0. The highest BCUT2D eigenvalue weighted by atomic mass is 16.6. The van der Waals surface area contributed by atoms with Crippen molar-refractivity contribution in [2.24, 2.45) is 0 Å². The van der Waals surface area contributed by atoms with Gasteiger partial charge in [0, 0.05) is 25.1 Å². The Balaban J connectivity index is 1.47. The van der Waals surface area contributed by atoms with Crippen LogP contribution in [0.4, 0.5) is 0 Å². The number of nitrogens with zero attached hydrogens (tertiary/aromatic N) is 1. The second-order valence-electron chi connectivity index (χ2n) is 7.00. The van der Waals surface area contributed by atoms with Crippen molar-refractivity contribution in [3.63, 3.8) is 0 Å². The summed E-state index contributed by atoms with van der Waals surface area (Å²) in [6, 6.07) is 14.6. The second kappa shape index (κ2) is 9.37. The third-order valence-corrected chi connectivity index (χ3v) is 4.95. The van der Waals surface area contributed by atoms with Crippen LogP contribution in [0.15, 0.2) is 48.5 Å². The molecule has 1 atom stereocenters. The predicted molar refractivity (Wildman–Crippen MR) is 108 cm³/mol. The molecule has 6 nitrogen and oxygen atoms in total. The quantitative estimate of drug-likeness (QED) is 0.532. The van der Waals surface area contributed by atoms with Crippen LogP contribution in [-0.2, 0) is 27.3 Å². The Bertz CT molecular complexity index is 890. The number of carbonyl (C=O) groups is 3. The molecule has 2 aromatic rings. The van der Waals surface area contributed by atoms with E-state index < -0.39 is 12.1 Å². The molecule has 1 aliphatic heterocycles. The number of amides is 1. The summed E-state index contributed by atoms with van der Waals surface area (Å²) in [7, 11) is 0. The fourth-order valence-electron chi connectivity index (χ4n) is 3.31. The number of ketones is 1. The van der Waals surface area contributed by atoms with E-state index in [9.17, 15) is 14.4 Å². The molecule has 0 saturated carbocycles. The average molecular weight is 395 g/mol. The molecule has 3 rings (SSSR count). The molecule has 0 unspecified atom stereocenters. The van der Waals surface area contributed by atoms with Gasteiger partial charge in [0.15, 0.2) is 18.5 Å². The lowest BCUT2D eigenvalue weighted by Crippen LogP contribution is -2.43. The Morgan fingerprint density at radius 1 is 1.03 bits per heavy atom. The first-order chi connectivity index (χ1) is 14.0. The minimum atomic E-state index is -0.874. The molecule has 0 radical (unpaired) electrons. The third-order valence-electron chi connectivity index (χ3n) is 4.95. The van der Waals surface area contributed by atoms with Crippen molar-refractivity contribution in [2.75, 3.05) is 13.2 Å². The highest BCUT2D eigenvalue weighted by Crippen LogP contribution is 2.19. The zero-order valence-electron chi connectivity index (χ0n) is 16.7. The molecule has 0 saturated heterocycles. The lowest BCUT2D eigenvalue weighted by molar-refractivity contribution is -0.161. The molecular formula is C23H25NO5. The predicted octanol–water partition coefficient (Wildman–Crippen LogP) is 3.17. The molecule has 2 aromatic carbocycles. The normalized spacial score (nSPS) is 13.9. The van der Waals surface area contributed by atoms with Crippen LogP contribution < -0.4 is 4.74 Å². The third kappa shape index (κ3) is 5.22. The molecular weight excluding hydrogens is 370 g/mol. The number of esters is 1. The molecule has 29 heavy (non-hydrogen) atoms. The topological polar surface area (TPSA) is 72.9 Å². The maximum absolute atomic E-state index is 12.6. The molecule has 6 heteroatoms. The van der Waals surface area contributed by atoms with Gasteiger partial charge in [0.1, 0.15) is 5.75 Å². The number of hydrogen-bond acceptors (Lipinski definition) is 5. The number of hydrogen-bond donors (Lipinski definition) is 0. The van der Waals surface area contributed by atoms with Crippen LogP contribution in [0.25, 0.3) is 0 Å². The van der Waals surface area contributed by atoms with E-state index in [4.69, 9.17) is 9.47 Å². The van der Waals surface area contributed by atoms with Gasteiger partial charge in [-0.2, -0.15) is 0 Å². The first-order valence-electron chi connectivity index (χ1n) is 9.79. The highest BCUT2D eigenvalue weighted by Gasteiger charge is 2.27. The fourth-order valence-corrected chi connectivity index (χ4v) is 3.31. The van der Waals surface area contributed by atoms with Crippen LogP contribution >= 0.6 is 0 Å². The van der Waals surface area contributed by atoms with E-state index in [1.165, 1.54) is 5.56 Å². The van der Waals surface area contributed by atoms with Crippen molar-refractivity contribution in [2.45, 2.75) is 39.3 Å². The van der Waals surface area contributed by atoms with Crippen molar-refractivity contribution >= 4 is 17.7 Å². The number of rotatable bonds is 7. The van der Waals surface area contributed by atoms with Crippen molar-refractivity contribution in [1.29, 1.82) is 0 Å². The van der Waals surface area contributed by atoms with E-state index in [-0.39, 0.29) is 18.3 Å². The van der Waals surface area contributed by atoms with Gasteiger partial charge in [-0.1, -0.05) is 31.2 Å². The Morgan fingerprint density at radius 2 is 1.72 bits per heavy atom. The van der Waals surface area contributed by atoms with E-state index >= 15 is 0 Å². The van der Waals surface area contributed by atoms with Gasteiger partial charge < -0.3 is 14.4 Å². The minimum absolute atomic E-state index is 0.0450. The lowest BCUT2D eigenvalue weighted by Gasteiger charge is -2.30. The van der Waals surface area contributed by atoms with Gasteiger partial charge in [0.2, 0.25) is 0 Å². The van der Waals surface area contributed by atoms with Gasteiger partial charge in [0.25, 0.3) is 5.91 Å². The molecule has 0 N–H and O–H groups in total. The van der Waals surface area contributed by atoms with E-state index in [2.05, 4.69) is 6.07 Å². The first kappa shape index (κ1) is 20.6. The molecule has 1 amide bonds. The molecule has 0 bridgehead atoms. The molecule has 0 aliphatic carbocycles. The van der Waals surface area contributed by atoms with Gasteiger partial charge in [-0.05, 0) is 48.7 Å². The molecule has 0 fully saturated rings. The lowest BCUT2D eigenvalue weighted by atomic mass is 9.99. The van der Waals surface area contributed by atoms with Crippen molar-refractivity contribution in [3.05, 3.63) is 65.2 Å². The van der Waals surface area contributed by atoms with E-state index in [1.54, 1.807) is 43.0 Å². The van der Waals surface area contributed by atoms with Crippen LogP contribution in [0.2, 0.25) is 0 Å². The van der Waals surface area contributed by atoms with Gasteiger partial charge in [-0.3, -0.25) is 9.59 Å². The fraction of sp³-hybridized carbons (Fsp3) is 0.348. The Labute approximate surface area is 170 Å². The SMILES string of the molecule is CCC(=O)c1ccc(OCC(=O)O[C@@H](C)C(=O)N2CCc3ccccc3C2)cc1. The Morgan fingerprint density at radius 3 is 2.41 bits per heavy atom. The number of ether oxygens (including phenoxy) is 2. The Hall–Kier alpha value is -3.15. The summed E-state index contributed by atoms with van der Waals surface area (Å²) >= 11 is 0. The van der Waals surface area contributed by atoms with Crippen LogP contribution in [0.3, 0.4) is 0 Å². The number of Topliss-reactive ketones (excluding diaryl/α,β-unsaturated/α-hetero) is 1. The van der Waals surface area contributed by atoms with Crippen molar-refractivity contribution in [3.8, 4) is 5.75 Å². The number of carbonyl (C=O) groups excluding carboxylic acids is 3. The van der Waals surface area contributed by atoms with Gasteiger partial charge >= 0.3 is 5.97 Å². The Kier molecular flexibility index (Phi) is 6.65. The van der Waals surface area contributed by atoms with Crippen LogP contribution in [0.5, 0.6) is 5.75 Å².